The average molecular weight is 157 g/mol. The predicted octanol–water partition coefficient (Wildman–Crippen LogP) is 0.653. The van der Waals surface area contributed by atoms with Crippen molar-refractivity contribution in [3.8, 4) is 0 Å². The van der Waals surface area contributed by atoms with Crippen molar-refractivity contribution in [2.75, 3.05) is 13.2 Å². The van der Waals surface area contributed by atoms with Gasteiger partial charge in [0.25, 0.3) is 0 Å². The molecular weight excluding hydrogens is 142 g/mol. The number of hydrogen-bond donors (Lipinski definition) is 1. The lowest BCUT2D eigenvalue weighted by atomic mass is 10.2. The maximum absolute atomic E-state index is 5.45. The van der Waals surface area contributed by atoms with Gasteiger partial charge in [0.1, 0.15) is 0 Å². The molecule has 0 bridgehead atoms. The number of rotatable bonds is 3. The Hall–Kier alpha value is -0.380. The molecule has 1 aliphatic rings. The maximum Gasteiger partial charge on any atom is 0.177 e. The second kappa shape index (κ2) is 4.49. The Morgan fingerprint density at radius 3 is 3.18 bits per heavy atom. The topological polar surface area (TPSA) is 44.5 Å². The van der Waals surface area contributed by atoms with Crippen molar-refractivity contribution in [1.82, 2.24) is 0 Å². The van der Waals surface area contributed by atoms with E-state index in [1.165, 1.54) is 0 Å². The Kier molecular flexibility index (Phi) is 3.56. The van der Waals surface area contributed by atoms with E-state index >= 15 is 0 Å². The van der Waals surface area contributed by atoms with Crippen LogP contribution in [0.2, 0.25) is 0 Å². The molecule has 0 aromatic heterocycles. The third kappa shape index (κ3) is 2.61. The van der Waals surface area contributed by atoms with Crippen molar-refractivity contribution in [2.24, 2.45) is 5.73 Å². The first-order chi connectivity index (χ1) is 5.36. The minimum Gasteiger partial charge on any atom is -0.349 e. The van der Waals surface area contributed by atoms with Crippen molar-refractivity contribution in [2.45, 2.75) is 25.7 Å². The molecule has 3 nitrogen and oxygen atoms in total. The molecule has 11 heavy (non-hydrogen) atoms. The van der Waals surface area contributed by atoms with Crippen LogP contribution in [0.1, 0.15) is 13.3 Å². The standard InChI is InChI=1S/C8H15NO2/c1-2-10-8-5-3-4-7(6-9)11-8/h3,5,7-8H,2,4,6,9H2,1H3. The Morgan fingerprint density at radius 2 is 2.55 bits per heavy atom. The Labute approximate surface area is 67.2 Å². The summed E-state index contributed by atoms with van der Waals surface area (Å²) < 4.78 is 10.7. The quantitative estimate of drug-likeness (QED) is 0.612. The fraction of sp³-hybridized carbons (Fsp3) is 0.750. The highest BCUT2D eigenvalue weighted by Gasteiger charge is 2.15. The normalized spacial score (nSPS) is 30.7. The van der Waals surface area contributed by atoms with Gasteiger partial charge in [-0.15, -0.1) is 0 Å². The van der Waals surface area contributed by atoms with E-state index in [0.717, 1.165) is 6.42 Å². The number of hydrogen-bond acceptors (Lipinski definition) is 3. The molecular formula is C8H15NO2. The summed E-state index contributed by atoms with van der Waals surface area (Å²) in [5.74, 6) is 0. The first kappa shape index (κ1) is 8.71. The summed E-state index contributed by atoms with van der Waals surface area (Å²) in [6, 6.07) is 0. The molecule has 1 heterocycles. The fourth-order valence-corrected chi connectivity index (χ4v) is 1.04. The maximum atomic E-state index is 5.45. The lowest BCUT2D eigenvalue weighted by molar-refractivity contribution is -0.142. The van der Waals surface area contributed by atoms with E-state index in [1.807, 2.05) is 13.0 Å². The summed E-state index contributed by atoms with van der Waals surface area (Å²) in [6.07, 6.45) is 4.84. The second-order valence-electron chi connectivity index (χ2n) is 2.48. The molecule has 0 aliphatic carbocycles. The smallest absolute Gasteiger partial charge is 0.177 e. The molecule has 0 aromatic carbocycles. The molecule has 3 heteroatoms. The van der Waals surface area contributed by atoms with Crippen molar-refractivity contribution >= 4 is 0 Å². The van der Waals surface area contributed by atoms with Gasteiger partial charge in [-0.2, -0.15) is 0 Å². The summed E-state index contributed by atoms with van der Waals surface area (Å²) in [5, 5.41) is 0. The number of nitrogens with two attached hydrogens (primary N) is 1. The second-order valence-corrected chi connectivity index (χ2v) is 2.48. The molecule has 1 aliphatic heterocycles. The Bertz CT molecular complexity index is 136. The molecule has 0 saturated heterocycles. The average Bonchev–Trinajstić information content (AvgIpc) is 2.06. The highest BCUT2D eigenvalue weighted by Crippen LogP contribution is 2.11. The van der Waals surface area contributed by atoms with Crippen LogP contribution in [0.25, 0.3) is 0 Å². The molecule has 2 unspecified atom stereocenters. The lowest BCUT2D eigenvalue weighted by Crippen LogP contribution is -2.31. The predicted molar refractivity (Wildman–Crippen MR) is 43.1 cm³/mol. The largest absolute Gasteiger partial charge is 0.349 e. The van der Waals surface area contributed by atoms with Gasteiger partial charge in [-0.1, -0.05) is 6.08 Å². The zero-order valence-electron chi connectivity index (χ0n) is 6.82. The molecule has 0 spiro atoms. The van der Waals surface area contributed by atoms with Crippen LogP contribution in [0.3, 0.4) is 0 Å². The Morgan fingerprint density at radius 1 is 1.73 bits per heavy atom. The van der Waals surface area contributed by atoms with Gasteiger partial charge in [0.15, 0.2) is 6.29 Å². The minimum atomic E-state index is -0.178. The Balaban J connectivity index is 2.33. The third-order valence-corrected chi connectivity index (χ3v) is 1.61. The van der Waals surface area contributed by atoms with Gasteiger partial charge in [-0.3, -0.25) is 0 Å². The molecule has 0 fully saturated rings. The number of ether oxygens (including phenoxy) is 2. The van der Waals surface area contributed by atoms with Crippen LogP contribution in [0.15, 0.2) is 12.2 Å². The summed E-state index contributed by atoms with van der Waals surface area (Å²) in [7, 11) is 0. The zero-order valence-corrected chi connectivity index (χ0v) is 6.82. The van der Waals surface area contributed by atoms with E-state index in [1.54, 1.807) is 0 Å². The van der Waals surface area contributed by atoms with Crippen LogP contribution in [-0.4, -0.2) is 25.5 Å². The first-order valence-electron chi connectivity index (χ1n) is 4.00. The van der Waals surface area contributed by atoms with E-state index in [0.29, 0.717) is 13.2 Å². The van der Waals surface area contributed by atoms with Gasteiger partial charge in [0.2, 0.25) is 0 Å². The van der Waals surface area contributed by atoms with Gasteiger partial charge >= 0.3 is 0 Å². The molecule has 1 rings (SSSR count). The summed E-state index contributed by atoms with van der Waals surface area (Å²) in [5.41, 5.74) is 5.45. The van der Waals surface area contributed by atoms with E-state index < -0.39 is 0 Å². The fourth-order valence-electron chi connectivity index (χ4n) is 1.04. The van der Waals surface area contributed by atoms with E-state index in [9.17, 15) is 0 Å². The molecule has 0 amide bonds. The van der Waals surface area contributed by atoms with E-state index in [-0.39, 0.29) is 12.4 Å². The highest BCUT2D eigenvalue weighted by atomic mass is 16.7. The zero-order chi connectivity index (χ0) is 8.10. The van der Waals surface area contributed by atoms with Crippen LogP contribution >= 0.6 is 0 Å². The van der Waals surface area contributed by atoms with Gasteiger partial charge in [0, 0.05) is 13.2 Å². The highest BCUT2D eigenvalue weighted by molar-refractivity contribution is 4.92. The SMILES string of the molecule is CCOC1C=CCC(CN)O1. The molecule has 0 radical (unpaired) electrons. The molecule has 2 atom stereocenters. The van der Waals surface area contributed by atoms with Crippen LogP contribution in [0.5, 0.6) is 0 Å². The van der Waals surface area contributed by atoms with Gasteiger partial charge in [-0.05, 0) is 19.4 Å². The first-order valence-corrected chi connectivity index (χ1v) is 4.00. The van der Waals surface area contributed by atoms with Crippen LogP contribution in [0, 0.1) is 0 Å². The van der Waals surface area contributed by atoms with E-state index in [4.69, 9.17) is 15.2 Å². The van der Waals surface area contributed by atoms with Crippen molar-refractivity contribution in [1.29, 1.82) is 0 Å². The minimum absolute atomic E-state index is 0.136. The summed E-state index contributed by atoms with van der Waals surface area (Å²) in [6.45, 7) is 3.18. The monoisotopic (exact) mass is 157 g/mol. The summed E-state index contributed by atoms with van der Waals surface area (Å²) in [4.78, 5) is 0. The molecule has 64 valence electrons. The molecule has 0 aromatic rings. The summed E-state index contributed by atoms with van der Waals surface area (Å²) >= 11 is 0. The molecule has 0 saturated carbocycles. The van der Waals surface area contributed by atoms with E-state index in [2.05, 4.69) is 6.08 Å². The lowest BCUT2D eigenvalue weighted by Gasteiger charge is -2.24. The van der Waals surface area contributed by atoms with Crippen LogP contribution < -0.4 is 5.73 Å². The van der Waals surface area contributed by atoms with Gasteiger partial charge in [0.05, 0.1) is 6.10 Å². The van der Waals surface area contributed by atoms with Crippen molar-refractivity contribution in [3.05, 3.63) is 12.2 Å². The van der Waals surface area contributed by atoms with Gasteiger partial charge in [-0.25, -0.2) is 0 Å². The molecule has 2 N–H and O–H groups in total. The van der Waals surface area contributed by atoms with Gasteiger partial charge < -0.3 is 15.2 Å². The van der Waals surface area contributed by atoms with Crippen LogP contribution in [-0.2, 0) is 9.47 Å². The van der Waals surface area contributed by atoms with Crippen LogP contribution in [0.4, 0.5) is 0 Å². The van der Waals surface area contributed by atoms with Crippen molar-refractivity contribution in [3.63, 3.8) is 0 Å². The van der Waals surface area contributed by atoms with Crippen molar-refractivity contribution < 1.29 is 9.47 Å². The third-order valence-electron chi connectivity index (χ3n) is 1.61.